The Balaban J connectivity index is 1.83. The normalized spacial score (nSPS) is 17.5. The van der Waals surface area contributed by atoms with Gasteiger partial charge in [-0.15, -0.1) is 11.3 Å². The van der Waals surface area contributed by atoms with Crippen LogP contribution in [0.1, 0.15) is 0 Å². The average molecular weight is 213 g/mol. The minimum Gasteiger partial charge on any atom is -0.493 e. The van der Waals surface area contributed by atoms with Gasteiger partial charge < -0.3 is 14.9 Å². The van der Waals surface area contributed by atoms with Crippen LogP contribution in [0.25, 0.3) is 0 Å². The van der Waals surface area contributed by atoms with Gasteiger partial charge in [0.05, 0.1) is 5.38 Å². The molecule has 0 aromatic carbocycles. The molecule has 2 rings (SSSR count). The lowest BCUT2D eigenvalue weighted by Gasteiger charge is -2.40. The third kappa shape index (κ3) is 1.99. The van der Waals surface area contributed by atoms with Gasteiger partial charge in [0.15, 0.2) is 5.13 Å². The Morgan fingerprint density at radius 2 is 2.36 bits per heavy atom. The van der Waals surface area contributed by atoms with Gasteiger partial charge in [-0.25, -0.2) is 0 Å². The van der Waals surface area contributed by atoms with Crippen molar-refractivity contribution in [2.75, 3.05) is 38.6 Å². The summed E-state index contributed by atoms with van der Waals surface area (Å²) in [6, 6.07) is 0. The maximum absolute atomic E-state index is 9.10. The van der Waals surface area contributed by atoms with E-state index in [1.807, 2.05) is 0 Å². The van der Waals surface area contributed by atoms with Gasteiger partial charge in [-0.1, -0.05) is 0 Å². The highest BCUT2D eigenvalue weighted by atomic mass is 32.1. The molecule has 1 aliphatic rings. The Morgan fingerprint density at radius 3 is 2.86 bits per heavy atom. The molecule has 0 amide bonds. The second-order valence-corrected chi connectivity index (χ2v) is 4.86. The Morgan fingerprint density at radius 1 is 1.64 bits per heavy atom. The lowest BCUT2D eigenvalue weighted by molar-refractivity contribution is 0.283. The van der Waals surface area contributed by atoms with Crippen LogP contribution in [-0.4, -0.2) is 48.7 Å². The summed E-state index contributed by atoms with van der Waals surface area (Å²) in [5.41, 5.74) is 0. The molecule has 0 unspecified atom stereocenters. The zero-order valence-corrected chi connectivity index (χ0v) is 9.29. The van der Waals surface area contributed by atoms with Crippen LogP contribution >= 0.6 is 11.3 Å². The molecule has 0 atom stereocenters. The van der Waals surface area contributed by atoms with Gasteiger partial charge in [0.1, 0.15) is 0 Å². The summed E-state index contributed by atoms with van der Waals surface area (Å²) in [7, 11) is 4.19. The molecule has 78 valence electrons. The van der Waals surface area contributed by atoms with E-state index in [1.165, 1.54) is 11.3 Å². The van der Waals surface area contributed by atoms with E-state index in [2.05, 4.69) is 28.9 Å². The Hall–Kier alpha value is -0.810. The molecule has 0 radical (unpaired) electrons. The van der Waals surface area contributed by atoms with Gasteiger partial charge in [0, 0.05) is 25.6 Å². The quantitative estimate of drug-likeness (QED) is 0.808. The van der Waals surface area contributed by atoms with Crippen LogP contribution in [0, 0.1) is 5.92 Å². The fraction of sp³-hybridized carbons (Fsp3) is 0.667. The molecule has 2 heterocycles. The van der Waals surface area contributed by atoms with Gasteiger partial charge in [0.2, 0.25) is 5.88 Å². The molecule has 0 saturated carbocycles. The van der Waals surface area contributed by atoms with Gasteiger partial charge in [-0.3, -0.25) is 0 Å². The molecule has 5 heteroatoms. The zero-order valence-electron chi connectivity index (χ0n) is 8.47. The third-order valence-electron chi connectivity index (χ3n) is 2.33. The van der Waals surface area contributed by atoms with Crippen LogP contribution in [0.3, 0.4) is 0 Å². The first-order chi connectivity index (χ1) is 6.65. The summed E-state index contributed by atoms with van der Waals surface area (Å²) in [4.78, 5) is 8.45. The molecule has 1 saturated heterocycles. The minimum absolute atomic E-state index is 0.140. The van der Waals surface area contributed by atoms with Gasteiger partial charge in [-0.2, -0.15) is 4.98 Å². The number of rotatable bonds is 3. The van der Waals surface area contributed by atoms with Crippen LogP contribution in [0.4, 0.5) is 5.13 Å². The molecule has 1 N–H and O–H groups in total. The highest BCUT2D eigenvalue weighted by Gasteiger charge is 2.28. The Bertz CT molecular complexity index is 307. The van der Waals surface area contributed by atoms with Crippen molar-refractivity contribution in [1.29, 1.82) is 0 Å². The zero-order chi connectivity index (χ0) is 10.1. The van der Waals surface area contributed by atoms with E-state index in [0.29, 0.717) is 0 Å². The first-order valence-electron chi connectivity index (χ1n) is 4.69. The van der Waals surface area contributed by atoms with Crippen LogP contribution in [0.15, 0.2) is 5.38 Å². The number of hydrogen-bond donors (Lipinski definition) is 1. The standard InChI is InChI=1S/C9H15N3OS/c1-11(2)3-7-4-12(5-7)9-10-8(13)6-14-9/h6-7,13H,3-5H2,1-2H3. The molecule has 0 aliphatic carbocycles. The number of anilines is 1. The van der Waals surface area contributed by atoms with Crippen molar-refractivity contribution in [3.05, 3.63) is 5.38 Å². The monoisotopic (exact) mass is 213 g/mol. The Kier molecular flexibility index (Phi) is 2.60. The van der Waals surface area contributed by atoms with Crippen molar-refractivity contribution in [2.24, 2.45) is 5.92 Å². The van der Waals surface area contributed by atoms with Crippen molar-refractivity contribution >= 4 is 16.5 Å². The molecule has 14 heavy (non-hydrogen) atoms. The minimum atomic E-state index is 0.140. The molecule has 4 nitrogen and oxygen atoms in total. The van der Waals surface area contributed by atoms with E-state index in [9.17, 15) is 0 Å². The van der Waals surface area contributed by atoms with Crippen LogP contribution < -0.4 is 4.90 Å². The van der Waals surface area contributed by atoms with Crippen molar-refractivity contribution in [3.8, 4) is 5.88 Å². The smallest absolute Gasteiger partial charge is 0.223 e. The van der Waals surface area contributed by atoms with Gasteiger partial charge >= 0.3 is 0 Å². The number of nitrogens with zero attached hydrogens (tertiary/aromatic N) is 3. The summed E-state index contributed by atoms with van der Waals surface area (Å²) in [5.74, 6) is 0.886. The van der Waals surface area contributed by atoms with Crippen LogP contribution in [0.2, 0.25) is 0 Å². The number of hydrogen-bond acceptors (Lipinski definition) is 5. The topological polar surface area (TPSA) is 39.6 Å². The predicted molar refractivity (Wildman–Crippen MR) is 58.0 cm³/mol. The number of thiazole rings is 1. The van der Waals surface area contributed by atoms with E-state index in [-0.39, 0.29) is 5.88 Å². The number of aromatic nitrogens is 1. The lowest BCUT2D eigenvalue weighted by atomic mass is 10.0. The lowest BCUT2D eigenvalue weighted by Crippen LogP contribution is -2.50. The fourth-order valence-corrected chi connectivity index (χ4v) is 2.47. The van der Waals surface area contributed by atoms with Crippen LogP contribution in [0.5, 0.6) is 5.88 Å². The molecular formula is C9H15N3OS. The summed E-state index contributed by atoms with van der Waals surface area (Å²) in [6.07, 6.45) is 0. The third-order valence-corrected chi connectivity index (χ3v) is 3.22. The van der Waals surface area contributed by atoms with E-state index in [0.717, 1.165) is 30.7 Å². The second-order valence-electron chi connectivity index (χ2n) is 4.02. The highest BCUT2D eigenvalue weighted by molar-refractivity contribution is 7.13. The van der Waals surface area contributed by atoms with E-state index in [4.69, 9.17) is 5.11 Å². The van der Waals surface area contributed by atoms with Crippen molar-refractivity contribution in [2.45, 2.75) is 0 Å². The predicted octanol–water partition coefficient (Wildman–Crippen LogP) is 0.846. The molecule has 0 spiro atoms. The number of aromatic hydroxyl groups is 1. The van der Waals surface area contributed by atoms with Gasteiger partial charge in [0.25, 0.3) is 0 Å². The first kappa shape index (κ1) is 9.73. The summed E-state index contributed by atoms with van der Waals surface area (Å²) in [5, 5.41) is 11.7. The van der Waals surface area contributed by atoms with Crippen LogP contribution in [-0.2, 0) is 0 Å². The van der Waals surface area contributed by atoms with Crippen molar-refractivity contribution in [1.82, 2.24) is 9.88 Å². The summed E-state index contributed by atoms with van der Waals surface area (Å²) in [6.45, 7) is 3.25. The first-order valence-corrected chi connectivity index (χ1v) is 5.57. The molecule has 1 aromatic rings. The van der Waals surface area contributed by atoms with Crippen molar-refractivity contribution in [3.63, 3.8) is 0 Å². The SMILES string of the molecule is CN(C)CC1CN(c2nc(O)cs2)C1. The average Bonchev–Trinajstić information content (AvgIpc) is 2.42. The molecule has 1 fully saturated rings. The molecular weight excluding hydrogens is 198 g/mol. The maximum Gasteiger partial charge on any atom is 0.223 e. The molecule has 1 aromatic heterocycles. The summed E-state index contributed by atoms with van der Waals surface area (Å²) >= 11 is 1.51. The van der Waals surface area contributed by atoms with E-state index < -0.39 is 0 Å². The Labute approximate surface area is 87.8 Å². The van der Waals surface area contributed by atoms with Crippen molar-refractivity contribution < 1.29 is 5.11 Å². The summed E-state index contributed by atoms with van der Waals surface area (Å²) < 4.78 is 0. The fourth-order valence-electron chi connectivity index (χ4n) is 1.76. The maximum atomic E-state index is 9.10. The molecule has 1 aliphatic heterocycles. The second kappa shape index (κ2) is 3.74. The van der Waals surface area contributed by atoms with Gasteiger partial charge in [-0.05, 0) is 14.1 Å². The largest absolute Gasteiger partial charge is 0.493 e. The van der Waals surface area contributed by atoms with E-state index in [1.54, 1.807) is 5.38 Å². The van der Waals surface area contributed by atoms with E-state index >= 15 is 0 Å². The molecule has 0 bridgehead atoms. The highest BCUT2D eigenvalue weighted by Crippen LogP contribution is 2.29.